The summed E-state index contributed by atoms with van der Waals surface area (Å²) in [5, 5.41) is 3.18. The van der Waals surface area contributed by atoms with Crippen LogP contribution in [0, 0.1) is 17.3 Å². The molecule has 3 fully saturated rings. The van der Waals surface area contributed by atoms with Crippen LogP contribution < -0.4 is 5.32 Å². The second kappa shape index (κ2) is 11.1. The molecule has 3 amide bonds. The molecule has 0 radical (unpaired) electrons. The highest BCUT2D eigenvalue weighted by molar-refractivity contribution is 5.94. The standard InChI is InChI=1S/C33H41N3O3/c37-30(22-24-20-26-10-4-5-11-27(26)21-24)35-17-14-33(15-18-35)16-19-36(23-33)32(39)28-12-6-7-13-29(28)34-31(38)25-8-2-1-3-9-25/h1-5,8-11,24,28-29H,6-7,12-23H2,(H,34,38)/t28-,29+/m0/s1. The van der Waals surface area contributed by atoms with E-state index >= 15 is 0 Å². The third-order valence-corrected chi connectivity index (χ3v) is 9.96. The summed E-state index contributed by atoms with van der Waals surface area (Å²) in [6.07, 6.45) is 9.44. The fraction of sp³-hybridized carbons (Fsp3) is 0.545. The van der Waals surface area contributed by atoms with Crippen molar-refractivity contribution in [3.8, 4) is 0 Å². The Morgan fingerprint density at radius 3 is 2.10 bits per heavy atom. The van der Waals surface area contributed by atoms with E-state index in [9.17, 15) is 14.4 Å². The first kappa shape index (κ1) is 26.1. The van der Waals surface area contributed by atoms with Crippen LogP contribution in [0.2, 0.25) is 0 Å². The van der Waals surface area contributed by atoms with Crippen LogP contribution in [0.15, 0.2) is 54.6 Å². The largest absolute Gasteiger partial charge is 0.349 e. The van der Waals surface area contributed by atoms with Gasteiger partial charge in [0.15, 0.2) is 0 Å². The van der Waals surface area contributed by atoms with Gasteiger partial charge in [0, 0.05) is 44.2 Å². The molecule has 2 aliphatic carbocycles. The molecule has 39 heavy (non-hydrogen) atoms. The maximum absolute atomic E-state index is 13.7. The van der Waals surface area contributed by atoms with Crippen molar-refractivity contribution in [2.75, 3.05) is 26.2 Å². The first-order valence-electron chi connectivity index (χ1n) is 15.0. The number of carbonyl (C=O) groups is 3. The Balaban J connectivity index is 1.01. The molecule has 1 N–H and O–H groups in total. The number of rotatable bonds is 5. The van der Waals surface area contributed by atoms with E-state index in [4.69, 9.17) is 0 Å². The summed E-state index contributed by atoms with van der Waals surface area (Å²) in [7, 11) is 0. The Bertz CT molecular complexity index is 1180. The van der Waals surface area contributed by atoms with Crippen molar-refractivity contribution in [2.45, 2.75) is 70.3 Å². The van der Waals surface area contributed by atoms with Crippen molar-refractivity contribution >= 4 is 17.7 Å². The Labute approximate surface area is 232 Å². The van der Waals surface area contributed by atoms with Crippen molar-refractivity contribution in [3.05, 3.63) is 71.3 Å². The number of piperidine rings is 1. The second-order valence-corrected chi connectivity index (χ2v) is 12.5. The van der Waals surface area contributed by atoms with Gasteiger partial charge in [0.05, 0.1) is 5.92 Å². The van der Waals surface area contributed by atoms with Gasteiger partial charge in [-0.1, -0.05) is 55.3 Å². The fourth-order valence-corrected chi connectivity index (χ4v) is 7.61. The number of carbonyl (C=O) groups excluding carboxylic acids is 3. The molecule has 1 spiro atoms. The van der Waals surface area contributed by atoms with Crippen LogP contribution in [-0.4, -0.2) is 59.7 Å². The van der Waals surface area contributed by atoms with Crippen molar-refractivity contribution in [1.29, 1.82) is 0 Å². The quantitative estimate of drug-likeness (QED) is 0.617. The number of nitrogens with zero attached hydrogens (tertiary/aromatic N) is 2. The minimum Gasteiger partial charge on any atom is -0.349 e. The molecule has 2 aromatic rings. The molecule has 2 heterocycles. The molecular weight excluding hydrogens is 486 g/mol. The maximum atomic E-state index is 13.7. The molecule has 1 saturated carbocycles. The molecule has 2 aliphatic heterocycles. The topological polar surface area (TPSA) is 69.7 Å². The lowest BCUT2D eigenvalue weighted by atomic mass is 9.77. The van der Waals surface area contributed by atoms with Crippen LogP contribution in [0.25, 0.3) is 0 Å². The van der Waals surface area contributed by atoms with Crippen LogP contribution in [-0.2, 0) is 22.4 Å². The highest BCUT2D eigenvalue weighted by Gasteiger charge is 2.45. The zero-order chi connectivity index (χ0) is 26.8. The lowest BCUT2D eigenvalue weighted by Crippen LogP contribution is -2.50. The van der Waals surface area contributed by atoms with E-state index in [-0.39, 0.29) is 29.2 Å². The van der Waals surface area contributed by atoms with Gasteiger partial charge < -0.3 is 15.1 Å². The number of fused-ring (bicyclic) bond motifs is 1. The summed E-state index contributed by atoms with van der Waals surface area (Å²) in [5.74, 6) is 0.712. The average molecular weight is 528 g/mol. The summed E-state index contributed by atoms with van der Waals surface area (Å²) < 4.78 is 0. The van der Waals surface area contributed by atoms with E-state index in [0.717, 1.165) is 84.0 Å². The van der Waals surface area contributed by atoms with Gasteiger partial charge in [-0.05, 0) is 79.5 Å². The Morgan fingerprint density at radius 1 is 0.795 bits per heavy atom. The minimum atomic E-state index is -0.140. The van der Waals surface area contributed by atoms with Gasteiger partial charge in [-0.15, -0.1) is 0 Å². The van der Waals surface area contributed by atoms with Crippen molar-refractivity contribution in [3.63, 3.8) is 0 Å². The number of amides is 3. The van der Waals surface area contributed by atoms with Crippen molar-refractivity contribution < 1.29 is 14.4 Å². The van der Waals surface area contributed by atoms with Crippen molar-refractivity contribution in [1.82, 2.24) is 15.1 Å². The number of hydrogen-bond donors (Lipinski definition) is 1. The lowest BCUT2D eigenvalue weighted by molar-refractivity contribution is -0.138. The van der Waals surface area contributed by atoms with Gasteiger partial charge >= 0.3 is 0 Å². The summed E-state index contributed by atoms with van der Waals surface area (Å²) in [4.78, 5) is 43.8. The van der Waals surface area contributed by atoms with Crippen LogP contribution in [0.5, 0.6) is 0 Å². The summed E-state index contributed by atoms with van der Waals surface area (Å²) in [5.41, 5.74) is 3.59. The fourth-order valence-electron chi connectivity index (χ4n) is 7.61. The second-order valence-electron chi connectivity index (χ2n) is 12.5. The Morgan fingerprint density at radius 2 is 1.41 bits per heavy atom. The van der Waals surface area contributed by atoms with E-state index < -0.39 is 0 Å². The number of nitrogens with one attached hydrogen (secondary N) is 1. The van der Waals surface area contributed by atoms with E-state index in [2.05, 4.69) is 39.4 Å². The maximum Gasteiger partial charge on any atom is 0.251 e. The predicted molar refractivity (Wildman–Crippen MR) is 151 cm³/mol. The molecular formula is C33H41N3O3. The van der Waals surface area contributed by atoms with E-state index in [1.807, 2.05) is 30.3 Å². The van der Waals surface area contributed by atoms with E-state index in [0.29, 0.717) is 23.8 Å². The van der Waals surface area contributed by atoms with Gasteiger partial charge in [-0.25, -0.2) is 0 Å². The number of hydrogen-bond acceptors (Lipinski definition) is 3. The number of benzene rings is 2. The van der Waals surface area contributed by atoms with Crippen molar-refractivity contribution in [2.24, 2.45) is 17.3 Å². The molecule has 0 aromatic heterocycles. The summed E-state index contributed by atoms with van der Waals surface area (Å²) in [6, 6.07) is 17.8. The smallest absolute Gasteiger partial charge is 0.251 e. The molecule has 2 saturated heterocycles. The molecule has 6 heteroatoms. The van der Waals surface area contributed by atoms with E-state index in [1.54, 1.807) is 0 Å². The zero-order valence-corrected chi connectivity index (χ0v) is 22.9. The SMILES string of the molecule is O=C(N[C@@H]1CCCC[C@@H]1C(=O)N1CCC2(CCN(C(=O)CC3Cc4ccccc4C3)CC2)C1)c1ccccc1. The summed E-state index contributed by atoms with van der Waals surface area (Å²) in [6.45, 7) is 3.20. The van der Waals surface area contributed by atoms with E-state index in [1.165, 1.54) is 11.1 Å². The van der Waals surface area contributed by atoms with Gasteiger partial charge in [-0.3, -0.25) is 14.4 Å². The molecule has 2 atom stereocenters. The molecule has 206 valence electrons. The molecule has 0 unspecified atom stereocenters. The van der Waals surface area contributed by atoms with Gasteiger partial charge in [0.1, 0.15) is 0 Å². The average Bonchev–Trinajstić information content (AvgIpc) is 3.57. The van der Waals surface area contributed by atoms with Gasteiger partial charge in [0.2, 0.25) is 11.8 Å². The molecule has 4 aliphatic rings. The Hall–Kier alpha value is -3.15. The molecule has 0 bridgehead atoms. The third kappa shape index (κ3) is 5.61. The van der Waals surface area contributed by atoms with Gasteiger partial charge in [0.25, 0.3) is 5.91 Å². The highest BCUT2D eigenvalue weighted by Crippen LogP contribution is 2.42. The molecule has 6 nitrogen and oxygen atoms in total. The molecule has 6 rings (SSSR count). The third-order valence-electron chi connectivity index (χ3n) is 9.96. The molecule has 2 aromatic carbocycles. The van der Waals surface area contributed by atoms with Gasteiger partial charge in [-0.2, -0.15) is 0 Å². The zero-order valence-electron chi connectivity index (χ0n) is 22.9. The van der Waals surface area contributed by atoms with Crippen LogP contribution in [0.1, 0.15) is 72.9 Å². The van der Waals surface area contributed by atoms with Crippen LogP contribution in [0.3, 0.4) is 0 Å². The Kier molecular flexibility index (Phi) is 7.46. The normalized spacial score (nSPS) is 24.5. The lowest BCUT2D eigenvalue weighted by Gasteiger charge is -2.40. The monoisotopic (exact) mass is 527 g/mol. The van der Waals surface area contributed by atoms with Crippen LogP contribution >= 0.6 is 0 Å². The number of likely N-dealkylation sites (tertiary alicyclic amines) is 2. The first-order valence-corrected chi connectivity index (χ1v) is 15.0. The minimum absolute atomic E-state index is 0.0864. The first-order chi connectivity index (χ1) is 19.0. The van der Waals surface area contributed by atoms with Crippen LogP contribution in [0.4, 0.5) is 0 Å². The summed E-state index contributed by atoms with van der Waals surface area (Å²) >= 11 is 0. The highest BCUT2D eigenvalue weighted by atomic mass is 16.2. The predicted octanol–water partition coefficient (Wildman–Crippen LogP) is 4.62.